The number of aromatic nitrogens is 3. The quantitative estimate of drug-likeness (QED) is 0.352. The van der Waals surface area contributed by atoms with E-state index in [2.05, 4.69) is 10.2 Å². The Morgan fingerprint density at radius 3 is 2.75 bits per heavy atom. The molecule has 1 fully saturated rings. The number of hydrogen-bond donors (Lipinski definition) is 1. The number of ketones is 1. The second kappa shape index (κ2) is 10.4. The van der Waals surface area contributed by atoms with E-state index in [0.29, 0.717) is 19.4 Å². The van der Waals surface area contributed by atoms with Gasteiger partial charge in [0.2, 0.25) is 5.91 Å². The first-order chi connectivity index (χ1) is 13.6. The average molecular weight is 403 g/mol. The number of hydrogen-bond acceptors (Lipinski definition) is 6. The molecule has 0 saturated carbocycles. The highest BCUT2D eigenvalue weighted by atomic mass is 32.2. The van der Waals surface area contributed by atoms with Crippen LogP contribution in [0.1, 0.15) is 48.3 Å². The van der Waals surface area contributed by atoms with Crippen molar-refractivity contribution in [2.45, 2.75) is 56.3 Å². The molecule has 0 spiro atoms. The number of Topliss-reactive ketones (excluding diaryl/α,β-unsaturated/α-hetero) is 1. The van der Waals surface area contributed by atoms with Crippen LogP contribution in [0.2, 0.25) is 0 Å². The van der Waals surface area contributed by atoms with Crippen LogP contribution in [-0.2, 0) is 22.5 Å². The number of carbonyl (C=O) groups is 2. The zero-order chi connectivity index (χ0) is 19.8. The van der Waals surface area contributed by atoms with Crippen molar-refractivity contribution < 1.29 is 14.3 Å². The summed E-state index contributed by atoms with van der Waals surface area (Å²) in [4.78, 5) is 23.3. The van der Waals surface area contributed by atoms with E-state index in [-0.39, 0.29) is 24.2 Å². The molecule has 1 unspecified atom stereocenters. The summed E-state index contributed by atoms with van der Waals surface area (Å²) in [6.45, 7) is 1.47. The maximum atomic E-state index is 12.2. The molecule has 28 heavy (non-hydrogen) atoms. The van der Waals surface area contributed by atoms with Gasteiger partial charge >= 0.3 is 0 Å². The highest BCUT2D eigenvalue weighted by molar-refractivity contribution is 7.99. The fourth-order valence-corrected chi connectivity index (χ4v) is 4.09. The molecule has 1 aromatic carbocycles. The summed E-state index contributed by atoms with van der Waals surface area (Å²) in [5, 5.41) is 9.36. The van der Waals surface area contributed by atoms with E-state index in [0.717, 1.165) is 48.2 Å². The van der Waals surface area contributed by atoms with Gasteiger partial charge in [-0.1, -0.05) is 42.1 Å². The standard InChI is InChI=1S/C20H26N4O3S/c21-18(26)10-11-19-22-23-20(24(19)14-16-8-4-12-27-16)28-13-5-9-17(25)15-6-2-1-3-7-15/h1-3,6-7,16H,4-5,8-14H2,(H2,21,26). The van der Waals surface area contributed by atoms with Gasteiger partial charge in [-0.3, -0.25) is 9.59 Å². The van der Waals surface area contributed by atoms with Crippen LogP contribution in [0.25, 0.3) is 0 Å². The minimum Gasteiger partial charge on any atom is -0.376 e. The topological polar surface area (TPSA) is 100 Å². The molecule has 3 rings (SSSR count). The number of aryl methyl sites for hydroxylation is 1. The van der Waals surface area contributed by atoms with Gasteiger partial charge in [-0.15, -0.1) is 10.2 Å². The van der Waals surface area contributed by atoms with Gasteiger partial charge in [-0.25, -0.2) is 0 Å². The lowest BCUT2D eigenvalue weighted by Crippen LogP contribution is -2.19. The fourth-order valence-electron chi connectivity index (χ4n) is 3.19. The van der Waals surface area contributed by atoms with Crippen LogP contribution < -0.4 is 5.73 Å². The molecule has 2 N–H and O–H groups in total. The number of nitrogens with two attached hydrogens (primary N) is 1. The number of amides is 1. The van der Waals surface area contributed by atoms with Gasteiger partial charge < -0.3 is 15.0 Å². The lowest BCUT2D eigenvalue weighted by atomic mass is 10.1. The van der Waals surface area contributed by atoms with Crippen molar-refractivity contribution in [3.8, 4) is 0 Å². The Hall–Kier alpha value is -2.19. The van der Waals surface area contributed by atoms with Crippen LogP contribution in [0.15, 0.2) is 35.5 Å². The Morgan fingerprint density at radius 1 is 1.21 bits per heavy atom. The van der Waals surface area contributed by atoms with Gasteiger partial charge in [0.05, 0.1) is 12.6 Å². The Kier molecular flexibility index (Phi) is 7.62. The molecule has 1 aliphatic rings. The third-order valence-corrected chi connectivity index (χ3v) is 5.73. The smallest absolute Gasteiger partial charge is 0.217 e. The Morgan fingerprint density at radius 2 is 2.04 bits per heavy atom. The monoisotopic (exact) mass is 402 g/mol. The summed E-state index contributed by atoms with van der Waals surface area (Å²) >= 11 is 1.59. The zero-order valence-electron chi connectivity index (χ0n) is 15.9. The number of nitrogens with zero attached hydrogens (tertiary/aromatic N) is 3. The van der Waals surface area contributed by atoms with E-state index in [4.69, 9.17) is 10.5 Å². The Labute approximate surface area is 169 Å². The van der Waals surface area contributed by atoms with Crippen molar-refractivity contribution in [3.63, 3.8) is 0 Å². The molecule has 1 amide bonds. The molecule has 2 aromatic rings. The number of thioether (sulfide) groups is 1. The van der Waals surface area contributed by atoms with E-state index >= 15 is 0 Å². The molecule has 0 bridgehead atoms. The number of primary amides is 1. The van der Waals surface area contributed by atoms with Crippen LogP contribution >= 0.6 is 11.8 Å². The zero-order valence-corrected chi connectivity index (χ0v) is 16.7. The van der Waals surface area contributed by atoms with Gasteiger partial charge in [0, 0.05) is 37.2 Å². The largest absolute Gasteiger partial charge is 0.376 e. The molecular formula is C20H26N4O3S. The molecule has 0 aliphatic carbocycles. The summed E-state index contributed by atoms with van der Waals surface area (Å²) in [7, 11) is 0. The maximum Gasteiger partial charge on any atom is 0.217 e. The Bertz CT molecular complexity index is 788. The molecule has 0 radical (unpaired) electrons. The first kappa shape index (κ1) is 20.5. The lowest BCUT2D eigenvalue weighted by Gasteiger charge is -2.14. The summed E-state index contributed by atoms with van der Waals surface area (Å²) in [5.41, 5.74) is 6.03. The first-order valence-corrected chi connectivity index (χ1v) is 10.6. The van der Waals surface area contributed by atoms with E-state index in [1.807, 2.05) is 34.9 Å². The first-order valence-electron chi connectivity index (χ1n) is 9.66. The van der Waals surface area contributed by atoms with Crippen molar-refractivity contribution in [1.82, 2.24) is 14.8 Å². The van der Waals surface area contributed by atoms with E-state index in [9.17, 15) is 9.59 Å². The molecule has 1 saturated heterocycles. The minimum atomic E-state index is -0.347. The Balaban J connectivity index is 1.55. The van der Waals surface area contributed by atoms with Crippen LogP contribution in [-0.4, -0.2) is 44.9 Å². The average Bonchev–Trinajstić information content (AvgIpc) is 3.35. The molecule has 2 heterocycles. The van der Waals surface area contributed by atoms with Crippen LogP contribution in [0.3, 0.4) is 0 Å². The number of benzene rings is 1. The van der Waals surface area contributed by atoms with Gasteiger partial charge in [0.15, 0.2) is 10.9 Å². The molecule has 1 aromatic heterocycles. The van der Waals surface area contributed by atoms with Crippen LogP contribution in [0.5, 0.6) is 0 Å². The molecule has 150 valence electrons. The van der Waals surface area contributed by atoms with Gasteiger partial charge in [0.25, 0.3) is 0 Å². The predicted molar refractivity (Wildman–Crippen MR) is 107 cm³/mol. The second-order valence-electron chi connectivity index (χ2n) is 6.85. The van der Waals surface area contributed by atoms with Gasteiger partial charge in [0.1, 0.15) is 5.82 Å². The third-order valence-electron chi connectivity index (χ3n) is 4.67. The van der Waals surface area contributed by atoms with Crippen molar-refractivity contribution in [2.24, 2.45) is 5.73 Å². The molecule has 1 atom stereocenters. The number of carbonyl (C=O) groups excluding carboxylic acids is 2. The van der Waals surface area contributed by atoms with E-state index < -0.39 is 0 Å². The minimum absolute atomic E-state index is 0.155. The van der Waals surface area contributed by atoms with Crippen LogP contribution in [0.4, 0.5) is 0 Å². The summed E-state index contributed by atoms with van der Waals surface area (Å²) in [6, 6.07) is 9.35. The highest BCUT2D eigenvalue weighted by Crippen LogP contribution is 2.23. The van der Waals surface area contributed by atoms with E-state index in [1.54, 1.807) is 11.8 Å². The third kappa shape index (κ3) is 5.90. The van der Waals surface area contributed by atoms with Gasteiger partial charge in [-0.2, -0.15) is 0 Å². The fraction of sp³-hybridized carbons (Fsp3) is 0.500. The van der Waals surface area contributed by atoms with Gasteiger partial charge in [-0.05, 0) is 19.3 Å². The normalized spacial score (nSPS) is 16.4. The summed E-state index contributed by atoms with van der Waals surface area (Å²) < 4.78 is 7.79. The van der Waals surface area contributed by atoms with Crippen molar-refractivity contribution in [2.75, 3.05) is 12.4 Å². The van der Waals surface area contributed by atoms with E-state index in [1.165, 1.54) is 0 Å². The molecular weight excluding hydrogens is 376 g/mol. The molecule has 1 aliphatic heterocycles. The second-order valence-corrected chi connectivity index (χ2v) is 7.91. The van der Waals surface area contributed by atoms with Crippen LogP contribution in [0, 0.1) is 0 Å². The van der Waals surface area contributed by atoms with Crippen molar-refractivity contribution in [1.29, 1.82) is 0 Å². The maximum absolute atomic E-state index is 12.2. The molecule has 7 nitrogen and oxygen atoms in total. The summed E-state index contributed by atoms with van der Waals surface area (Å²) in [6.07, 6.45) is 4.23. The predicted octanol–water partition coefficient (Wildman–Crippen LogP) is 2.63. The van der Waals surface area contributed by atoms with Crippen molar-refractivity contribution in [3.05, 3.63) is 41.7 Å². The summed E-state index contributed by atoms with van der Waals surface area (Å²) in [5.74, 6) is 1.35. The number of ether oxygens (including phenoxy) is 1. The lowest BCUT2D eigenvalue weighted by molar-refractivity contribution is -0.118. The number of rotatable bonds is 11. The van der Waals surface area contributed by atoms with Crippen molar-refractivity contribution >= 4 is 23.5 Å². The molecule has 8 heteroatoms. The SMILES string of the molecule is NC(=O)CCc1nnc(SCCCC(=O)c2ccccc2)n1CC1CCCO1. The highest BCUT2D eigenvalue weighted by Gasteiger charge is 2.21.